The summed E-state index contributed by atoms with van der Waals surface area (Å²) >= 11 is 0. The molecular formula is C5H13NO2S. The highest BCUT2D eigenvalue weighted by atomic mass is 32.2. The summed E-state index contributed by atoms with van der Waals surface area (Å²) in [4.78, 5) is 0. The van der Waals surface area contributed by atoms with Crippen molar-refractivity contribution < 1.29 is 8.42 Å². The molecule has 0 N–H and O–H groups in total. The van der Waals surface area contributed by atoms with E-state index in [0.29, 0.717) is 0 Å². The van der Waals surface area contributed by atoms with Crippen LogP contribution in [0.15, 0.2) is 0 Å². The van der Waals surface area contributed by atoms with E-state index in [-0.39, 0.29) is 6.04 Å². The average Bonchev–Trinajstić information content (AvgIpc) is 1.84. The zero-order chi connectivity index (χ0) is 7.44. The second-order valence-electron chi connectivity index (χ2n) is 2.07. The van der Waals surface area contributed by atoms with Gasteiger partial charge < -0.3 is 0 Å². The molecule has 0 fully saturated rings. The molecule has 3 nitrogen and oxygen atoms in total. The Hall–Kier alpha value is -0.0900. The van der Waals surface area contributed by atoms with Crippen LogP contribution in [-0.4, -0.2) is 25.8 Å². The van der Waals surface area contributed by atoms with E-state index in [2.05, 4.69) is 0 Å². The summed E-state index contributed by atoms with van der Waals surface area (Å²) in [5.41, 5.74) is 0. The van der Waals surface area contributed by atoms with Crippen LogP contribution >= 0.6 is 0 Å². The van der Waals surface area contributed by atoms with E-state index in [4.69, 9.17) is 0 Å². The lowest BCUT2D eigenvalue weighted by molar-refractivity contribution is 0.392. The van der Waals surface area contributed by atoms with Crippen LogP contribution < -0.4 is 0 Å². The molecule has 56 valence electrons. The molecule has 1 atom stereocenters. The number of rotatable bonds is 3. The first-order chi connectivity index (χ1) is 4.09. The summed E-state index contributed by atoms with van der Waals surface area (Å²) in [5.74, 6) is 0. The van der Waals surface area contributed by atoms with Crippen LogP contribution in [0.5, 0.6) is 0 Å². The molecule has 0 amide bonds. The largest absolute Gasteiger partial charge is 0.215 e. The fraction of sp³-hybridized carbons (Fsp3) is 1.00. The lowest BCUT2D eigenvalue weighted by Gasteiger charge is -2.14. The highest BCUT2D eigenvalue weighted by Crippen LogP contribution is 1.98. The maximum Gasteiger partial charge on any atom is 0.203 e. The number of hydrogen-bond donors (Lipinski definition) is 1. The number of thiol groups is 1. The summed E-state index contributed by atoms with van der Waals surface area (Å²) in [6.45, 7) is 3.84. The fourth-order valence-corrected chi connectivity index (χ4v) is 0.910. The molecule has 0 spiro atoms. The summed E-state index contributed by atoms with van der Waals surface area (Å²) in [6.07, 6.45) is 0.861. The van der Waals surface area contributed by atoms with Crippen LogP contribution in [0.1, 0.15) is 20.3 Å². The Labute approximate surface area is 57.8 Å². The molecule has 9 heavy (non-hydrogen) atoms. The van der Waals surface area contributed by atoms with E-state index in [1.165, 1.54) is 4.31 Å². The van der Waals surface area contributed by atoms with Crippen LogP contribution in [0.25, 0.3) is 0 Å². The van der Waals surface area contributed by atoms with Crippen molar-refractivity contribution >= 4 is 10.9 Å². The van der Waals surface area contributed by atoms with Gasteiger partial charge in [-0.1, -0.05) is 6.92 Å². The normalized spacial score (nSPS) is 14.8. The van der Waals surface area contributed by atoms with Gasteiger partial charge in [0.15, 0.2) is 0 Å². The lowest BCUT2D eigenvalue weighted by Crippen LogP contribution is -2.26. The van der Waals surface area contributed by atoms with Crippen molar-refractivity contribution in [3.05, 3.63) is 0 Å². The molecule has 1 unspecified atom stereocenters. The standard InChI is InChI=1S/C5H13NO2S/c1-4-5(2)6(3)9(7)8/h5,9H,4H2,1-3H3. The minimum atomic E-state index is -2.37. The molecule has 0 rings (SSSR count). The van der Waals surface area contributed by atoms with Gasteiger partial charge >= 0.3 is 0 Å². The van der Waals surface area contributed by atoms with Crippen molar-refractivity contribution in [1.29, 1.82) is 0 Å². The second kappa shape index (κ2) is 3.85. The monoisotopic (exact) mass is 151 g/mol. The van der Waals surface area contributed by atoms with Crippen LogP contribution in [0.3, 0.4) is 0 Å². The van der Waals surface area contributed by atoms with Gasteiger partial charge in [-0.3, -0.25) is 0 Å². The highest BCUT2D eigenvalue weighted by Gasteiger charge is 2.06. The molecule has 0 aromatic carbocycles. The third kappa shape index (κ3) is 2.81. The predicted molar refractivity (Wildman–Crippen MR) is 37.8 cm³/mol. The zero-order valence-electron chi connectivity index (χ0n) is 6.00. The van der Waals surface area contributed by atoms with Crippen LogP contribution in [0.4, 0.5) is 0 Å². The van der Waals surface area contributed by atoms with Gasteiger partial charge in [0.05, 0.1) is 0 Å². The highest BCUT2D eigenvalue weighted by molar-refractivity contribution is 7.69. The maximum atomic E-state index is 10.3. The van der Waals surface area contributed by atoms with E-state index in [1.807, 2.05) is 13.8 Å². The van der Waals surface area contributed by atoms with E-state index in [1.54, 1.807) is 7.05 Å². The third-order valence-electron chi connectivity index (χ3n) is 1.49. The molecule has 0 aliphatic heterocycles. The Morgan fingerprint density at radius 1 is 1.56 bits per heavy atom. The fourth-order valence-electron chi connectivity index (χ4n) is 0.425. The number of nitrogens with zero attached hydrogens (tertiary/aromatic N) is 1. The Kier molecular flexibility index (Phi) is 3.81. The van der Waals surface area contributed by atoms with Gasteiger partial charge in [0.2, 0.25) is 10.9 Å². The molecule has 0 heterocycles. The summed E-state index contributed by atoms with van der Waals surface area (Å²) in [7, 11) is -0.790. The Balaban J connectivity index is 3.87. The summed E-state index contributed by atoms with van der Waals surface area (Å²) < 4.78 is 21.9. The molecule has 0 saturated heterocycles. The van der Waals surface area contributed by atoms with Gasteiger partial charge in [0.1, 0.15) is 0 Å². The first-order valence-electron chi connectivity index (χ1n) is 2.96. The molecule has 0 aromatic heterocycles. The molecule has 0 aliphatic carbocycles. The van der Waals surface area contributed by atoms with E-state index in [9.17, 15) is 8.42 Å². The molecule has 0 saturated carbocycles. The van der Waals surface area contributed by atoms with Gasteiger partial charge in [-0.25, -0.2) is 12.7 Å². The molecule has 0 aliphatic rings. The molecular weight excluding hydrogens is 138 g/mol. The van der Waals surface area contributed by atoms with Gasteiger partial charge in [0.25, 0.3) is 0 Å². The Morgan fingerprint density at radius 3 is 2.11 bits per heavy atom. The SMILES string of the molecule is CCC(C)N(C)[SH](=O)=O. The van der Waals surface area contributed by atoms with E-state index in [0.717, 1.165) is 6.42 Å². The topological polar surface area (TPSA) is 37.4 Å². The quantitative estimate of drug-likeness (QED) is 0.587. The van der Waals surface area contributed by atoms with Crippen molar-refractivity contribution in [3.63, 3.8) is 0 Å². The van der Waals surface area contributed by atoms with Crippen LogP contribution in [0.2, 0.25) is 0 Å². The van der Waals surface area contributed by atoms with Crippen molar-refractivity contribution in [3.8, 4) is 0 Å². The molecule has 0 radical (unpaired) electrons. The van der Waals surface area contributed by atoms with Gasteiger partial charge in [-0.15, -0.1) is 0 Å². The van der Waals surface area contributed by atoms with Crippen molar-refractivity contribution in [2.75, 3.05) is 7.05 Å². The molecule has 0 bridgehead atoms. The predicted octanol–water partition coefficient (Wildman–Crippen LogP) is 0.243. The Bertz CT molecular complexity index is 136. The minimum Gasteiger partial charge on any atom is -0.215 e. The first kappa shape index (κ1) is 8.91. The smallest absolute Gasteiger partial charge is 0.203 e. The summed E-state index contributed by atoms with van der Waals surface area (Å²) in [6, 6.07) is 0.131. The van der Waals surface area contributed by atoms with E-state index >= 15 is 0 Å². The molecule has 4 heteroatoms. The van der Waals surface area contributed by atoms with Gasteiger partial charge in [0, 0.05) is 13.1 Å². The molecule has 0 aromatic rings. The minimum absolute atomic E-state index is 0.131. The van der Waals surface area contributed by atoms with E-state index < -0.39 is 10.9 Å². The Morgan fingerprint density at radius 2 is 2.00 bits per heavy atom. The summed E-state index contributed by atoms with van der Waals surface area (Å²) in [5, 5.41) is 0. The maximum absolute atomic E-state index is 10.3. The van der Waals surface area contributed by atoms with Gasteiger partial charge in [-0.2, -0.15) is 0 Å². The van der Waals surface area contributed by atoms with Crippen molar-refractivity contribution in [2.24, 2.45) is 0 Å². The van der Waals surface area contributed by atoms with Crippen LogP contribution in [-0.2, 0) is 10.9 Å². The third-order valence-corrected chi connectivity index (χ3v) is 2.40. The van der Waals surface area contributed by atoms with Crippen molar-refractivity contribution in [2.45, 2.75) is 26.3 Å². The number of hydrogen-bond acceptors (Lipinski definition) is 2. The lowest BCUT2D eigenvalue weighted by atomic mass is 10.3. The first-order valence-corrected chi connectivity index (χ1v) is 4.09. The van der Waals surface area contributed by atoms with Crippen molar-refractivity contribution in [1.82, 2.24) is 4.31 Å². The average molecular weight is 151 g/mol. The van der Waals surface area contributed by atoms with Gasteiger partial charge in [-0.05, 0) is 13.3 Å². The second-order valence-corrected chi connectivity index (χ2v) is 3.18. The van der Waals surface area contributed by atoms with Crippen LogP contribution in [0, 0.1) is 0 Å². The zero-order valence-corrected chi connectivity index (χ0v) is 6.89.